The highest BCUT2D eigenvalue weighted by molar-refractivity contribution is 5.40. The van der Waals surface area contributed by atoms with Gasteiger partial charge >= 0.3 is 0 Å². The molecule has 1 saturated heterocycles. The van der Waals surface area contributed by atoms with Gasteiger partial charge in [0.2, 0.25) is 0 Å². The Labute approximate surface area is 161 Å². The number of ether oxygens (including phenoxy) is 2. The lowest BCUT2D eigenvalue weighted by molar-refractivity contribution is -0.295. The number of hydrogen-bond acceptors (Lipinski definition) is 4. The second kappa shape index (κ2) is 8.53. The Balaban J connectivity index is 0.00000102. The van der Waals surface area contributed by atoms with E-state index < -0.39 is 5.79 Å². The van der Waals surface area contributed by atoms with Crippen molar-refractivity contribution < 1.29 is 19.7 Å². The van der Waals surface area contributed by atoms with Gasteiger partial charge in [-0.05, 0) is 54.5 Å². The van der Waals surface area contributed by atoms with Crippen LogP contribution in [0.1, 0.15) is 54.5 Å². The molecule has 0 bridgehead atoms. The first kappa shape index (κ1) is 20.0. The summed E-state index contributed by atoms with van der Waals surface area (Å²) in [6.45, 7) is 4.74. The van der Waals surface area contributed by atoms with Crippen LogP contribution >= 0.6 is 0 Å². The fraction of sp³-hybridized carbons (Fsp3) is 0.478. The average Bonchev–Trinajstić information content (AvgIpc) is 3.00. The molecule has 2 aliphatic heterocycles. The van der Waals surface area contributed by atoms with Crippen LogP contribution in [0.2, 0.25) is 0 Å². The van der Waals surface area contributed by atoms with Gasteiger partial charge in [-0.2, -0.15) is 0 Å². The van der Waals surface area contributed by atoms with Gasteiger partial charge in [-0.1, -0.05) is 43.3 Å². The zero-order valence-corrected chi connectivity index (χ0v) is 16.4. The Morgan fingerprint density at radius 2 is 1.70 bits per heavy atom. The number of aliphatic hydroxyl groups is 2. The third kappa shape index (κ3) is 4.25. The second-order valence-corrected chi connectivity index (χ2v) is 7.40. The van der Waals surface area contributed by atoms with E-state index in [0.29, 0.717) is 19.4 Å². The smallest absolute Gasteiger partial charge is 0.198 e. The zero-order chi connectivity index (χ0) is 19.4. The van der Waals surface area contributed by atoms with Crippen molar-refractivity contribution in [1.82, 2.24) is 0 Å². The van der Waals surface area contributed by atoms with Crippen molar-refractivity contribution in [1.29, 1.82) is 0 Å². The van der Waals surface area contributed by atoms with Crippen molar-refractivity contribution in [2.24, 2.45) is 0 Å². The van der Waals surface area contributed by atoms with Crippen molar-refractivity contribution in [2.45, 2.75) is 64.1 Å². The Morgan fingerprint density at radius 1 is 1.04 bits per heavy atom. The molecule has 146 valence electrons. The molecule has 2 heterocycles. The normalized spacial score (nSPS) is 26.4. The molecule has 0 aromatic heterocycles. The summed E-state index contributed by atoms with van der Waals surface area (Å²) in [4.78, 5) is 0. The molecule has 0 radical (unpaired) electrons. The summed E-state index contributed by atoms with van der Waals surface area (Å²) in [7, 11) is 1.00. The predicted molar refractivity (Wildman–Crippen MR) is 105 cm³/mol. The predicted octanol–water partition coefficient (Wildman–Crippen LogP) is 3.69. The fourth-order valence-electron chi connectivity index (χ4n) is 4.08. The Morgan fingerprint density at radius 3 is 2.37 bits per heavy atom. The molecule has 0 aliphatic carbocycles. The molecule has 2 aliphatic rings. The standard InChI is InChI=1S/C22H26O3.CH4O/c1-3-16-4-6-17(7-5-16)11-18-8-9-19-14-24-22(21(19)12-18)13-20(23)10-15(2)25-22;1-2/h4-9,12,15,20,23H,3,10-11,13-14H2,1-2H3;2H,1H3/t15?,20?,22-;/m1./s1. The van der Waals surface area contributed by atoms with E-state index in [1.54, 1.807) is 0 Å². The van der Waals surface area contributed by atoms with Crippen LogP contribution in [0.25, 0.3) is 0 Å². The van der Waals surface area contributed by atoms with E-state index in [9.17, 15) is 5.11 Å². The van der Waals surface area contributed by atoms with Crippen molar-refractivity contribution in [3.05, 3.63) is 70.3 Å². The number of fused-ring (bicyclic) bond motifs is 2. The van der Waals surface area contributed by atoms with E-state index >= 15 is 0 Å². The summed E-state index contributed by atoms with van der Waals surface area (Å²) in [5, 5.41) is 17.2. The largest absolute Gasteiger partial charge is 0.400 e. The molecule has 1 spiro atoms. The summed E-state index contributed by atoms with van der Waals surface area (Å²) in [6.07, 6.45) is 2.77. The third-order valence-corrected chi connectivity index (χ3v) is 5.38. The maximum atomic E-state index is 10.2. The van der Waals surface area contributed by atoms with Gasteiger partial charge in [-0.15, -0.1) is 0 Å². The molecule has 0 amide bonds. The first-order valence-electron chi connectivity index (χ1n) is 9.72. The van der Waals surface area contributed by atoms with Crippen LogP contribution in [0.15, 0.2) is 42.5 Å². The first-order valence-corrected chi connectivity index (χ1v) is 9.72. The van der Waals surface area contributed by atoms with Crippen molar-refractivity contribution in [3.8, 4) is 0 Å². The van der Waals surface area contributed by atoms with E-state index in [-0.39, 0.29) is 12.2 Å². The van der Waals surface area contributed by atoms with Gasteiger partial charge in [-0.25, -0.2) is 0 Å². The molecule has 4 nitrogen and oxygen atoms in total. The van der Waals surface area contributed by atoms with Gasteiger partial charge < -0.3 is 19.7 Å². The van der Waals surface area contributed by atoms with Crippen LogP contribution in [-0.2, 0) is 34.7 Å². The van der Waals surface area contributed by atoms with E-state index in [4.69, 9.17) is 14.6 Å². The number of hydrogen-bond donors (Lipinski definition) is 2. The summed E-state index contributed by atoms with van der Waals surface area (Å²) >= 11 is 0. The van der Waals surface area contributed by atoms with E-state index in [1.165, 1.54) is 22.3 Å². The summed E-state index contributed by atoms with van der Waals surface area (Å²) < 4.78 is 12.2. The van der Waals surface area contributed by atoms with E-state index in [2.05, 4.69) is 49.4 Å². The van der Waals surface area contributed by atoms with Crippen LogP contribution in [-0.4, -0.2) is 29.5 Å². The Bertz CT molecular complexity index is 743. The van der Waals surface area contributed by atoms with Crippen molar-refractivity contribution in [3.63, 3.8) is 0 Å². The number of aryl methyl sites for hydroxylation is 1. The Hall–Kier alpha value is -1.72. The second-order valence-electron chi connectivity index (χ2n) is 7.40. The molecule has 3 atom stereocenters. The quantitative estimate of drug-likeness (QED) is 0.865. The lowest BCUT2D eigenvalue weighted by Crippen LogP contribution is -2.43. The lowest BCUT2D eigenvalue weighted by Gasteiger charge is -2.39. The van der Waals surface area contributed by atoms with Crippen molar-refractivity contribution in [2.75, 3.05) is 7.11 Å². The maximum Gasteiger partial charge on any atom is 0.198 e. The van der Waals surface area contributed by atoms with Crippen molar-refractivity contribution >= 4 is 0 Å². The molecule has 2 unspecified atom stereocenters. The highest BCUT2D eigenvalue weighted by Crippen LogP contribution is 2.45. The zero-order valence-electron chi connectivity index (χ0n) is 16.4. The van der Waals surface area contributed by atoms with E-state index in [1.807, 2.05) is 6.92 Å². The van der Waals surface area contributed by atoms with Gasteiger partial charge in [-0.3, -0.25) is 0 Å². The van der Waals surface area contributed by atoms with E-state index in [0.717, 1.165) is 25.5 Å². The molecule has 27 heavy (non-hydrogen) atoms. The van der Waals surface area contributed by atoms with Gasteiger partial charge in [0.05, 0.1) is 18.8 Å². The minimum absolute atomic E-state index is 0.0000516. The third-order valence-electron chi connectivity index (χ3n) is 5.38. The molecular weight excluding hydrogens is 340 g/mol. The van der Waals surface area contributed by atoms with Gasteiger partial charge in [0.25, 0.3) is 0 Å². The molecular formula is C23H30O4. The number of aliphatic hydroxyl groups excluding tert-OH is 2. The topological polar surface area (TPSA) is 58.9 Å². The summed E-state index contributed by atoms with van der Waals surface area (Å²) in [5.41, 5.74) is 6.20. The molecule has 4 rings (SSSR count). The van der Waals surface area contributed by atoms with Crippen LogP contribution in [0.5, 0.6) is 0 Å². The van der Waals surface area contributed by atoms with Crippen LogP contribution in [0.4, 0.5) is 0 Å². The molecule has 2 aromatic rings. The van der Waals surface area contributed by atoms with Gasteiger partial charge in [0.1, 0.15) is 0 Å². The summed E-state index contributed by atoms with van der Waals surface area (Å²) in [6, 6.07) is 15.4. The van der Waals surface area contributed by atoms with Crippen LogP contribution < -0.4 is 0 Å². The number of rotatable bonds is 3. The molecule has 4 heteroatoms. The highest BCUT2D eigenvalue weighted by Gasteiger charge is 2.47. The van der Waals surface area contributed by atoms with Crippen LogP contribution in [0, 0.1) is 0 Å². The highest BCUT2D eigenvalue weighted by atomic mass is 16.7. The average molecular weight is 370 g/mol. The minimum Gasteiger partial charge on any atom is -0.400 e. The first-order chi connectivity index (χ1) is 13.1. The molecule has 2 N–H and O–H groups in total. The summed E-state index contributed by atoms with van der Waals surface area (Å²) in [5.74, 6) is -0.769. The molecule has 0 saturated carbocycles. The number of benzene rings is 2. The lowest BCUT2D eigenvalue weighted by atomic mass is 9.90. The fourth-order valence-corrected chi connectivity index (χ4v) is 4.08. The monoisotopic (exact) mass is 370 g/mol. The van der Waals surface area contributed by atoms with Crippen LogP contribution in [0.3, 0.4) is 0 Å². The molecule has 2 aromatic carbocycles. The SMILES string of the molecule is CCc1ccc(Cc2ccc3c(c2)[C@]2(CC(O)CC(C)O2)OC3)cc1.CO. The Kier molecular flexibility index (Phi) is 6.33. The van der Waals surface area contributed by atoms with Gasteiger partial charge in [0, 0.05) is 19.1 Å². The maximum absolute atomic E-state index is 10.2. The minimum atomic E-state index is -0.769. The van der Waals surface area contributed by atoms with Gasteiger partial charge in [0.15, 0.2) is 5.79 Å². The molecule has 1 fully saturated rings.